The highest BCUT2D eigenvalue weighted by Crippen LogP contribution is 2.20. The van der Waals surface area contributed by atoms with E-state index in [1.54, 1.807) is 0 Å². The van der Waals surface area contributed by atoms with Crippen LogP contribution < -0.4 is 5.32 Å². The van der Waals surface area contributed by atoms with E-state index in [4.69, 9.17) is 0 Å². The molecule has 1 aromatic heterocycles. The number of nitrogens with zero attached hydrogens (tertiary/aromatic N) is 2. The largest absolute Gasteiger partial charge is 0.306 e. The van der Waals surface area contributed by atoms with E-state index in [9.17, 15) is 8.42 Å². The predicted octanol–water partition coefficient (Wildman–Crippen LogP) is 0.566. The molecule has 2 unspecified atom stereocenters. The monoisotopic (exact) mass is 257 g/mol. The number of nitrogens with one attached hydrogen (secondary N) is 1. The van der Waals surface area contributed by atoms with E-state index in [2.05, 4.69) is 17.3 Å². The topological polar surface area (TPSA) is 64.0 Å². The van der Waals surface area contributed by atoms with Crippen LogP contribution in [0.5, 0.6) is 0 Å². The third-order valence-electron chi connectivity index (χ3n) is 3.46. The zero-order chi connectivity index (χ0) is 12.6. The van der Waals surface area contributed by atoms with Gasteiger partial charge in [-0.1, -0.05) is 0 Å². The molecule has 1 aliphatic rings. The van der Waals surface area contributed by atoms with Crippen LogP contribution in [0, 0.1) is 6.92 Å². The fourth-order valence-electron chi connectivity index (χ4n) is 2.31. The van der Waals surface area contributed by atoms with Crippen molar-refractivity contribution >= 4 is 9.84 Å². The van der Waals surface area contributed by atoms with E-state index in [0.717, 1.165) is 11.3 Å². The molecule has 1 N–H and O–H groups in total. The second kappa shape index (κ2) is 4.42. The van der Waals surface area contributed by atoms with Gasteiger partial charge in [0.05, 0.1) is 17.7 Å². The van der Waals surface area contributed by atoms with Crippen LogP contribution >= 0.6 is 0 Å². The summed E-state index contributed by atoms with van der Waals surface area (Å²) in [6.07, 6.45) is 2.56. The average molecular weight is 257 g/mol. The maximum atomic E-state index is 11.4. The highest BCUT2D eigenvalue weighted by Gasteiger charge is 2.29. The minimum Gasteiger partial charge on any atom is -0.306 e. The summed E-state index contributed by atoms with van der Waals surface area (Å²) >= 11 is 0. The molecule has 96 valence electrons. The Morgan fingerprint density at radius 3 is 2.76 bits per heavy atom. The molecule has 1 aromatic rings. The van der Waals surface area contributed by atoms with Crippen LogP contribution in [0.1, 0.15) is 30.6 Å². The van der Waals surface area contributed by atoms with Gasteiger partial charge in [0, 0.05) is 30.4 Å². The maximum Gasteiger partial charge on any atom is 0.151 e. The lowest BCUT2D eigenvalue weighted by atomic mass is 10.1. The van der Waals surface area contributed by atoms with E-state index in [1.807, 2.05) is 24.9 Å². The highest BCUT2D eigenvalue weighted by atomic mass is 32.2. The van der Waals surface area contributed by atoms with E-state index in [1.165, 1.54) is 0 Å². The summed E-state index contributed by atoms with van der Waals surface area (Å²) in [7, 11) is -0.903. The first-order chi connectivity index (χ1) is 7.89. The molecule has 2 heterocycles. The van der Waals surface area contributed by atoms with Crippen LogP contribution in [0.25, 0.3) is 0 Å². The molecule has 1 aliphatic heterocycles. The van der Waals surface area contributed by atoms with Crippen LogP contribution in [-0.4, -0.2) is 35.7 Å². The standard InChI is InChI=1S/C11H19N3O2S/c1-8(11-6-12-14(3)9(11)2)13-10-4-5-17(15,16)7-10/h6,8,10,13H,4-5,7H2,1-3H3. The van der Waals surface area contributed by atoms with Crippen molar-refractivity contribution in [1.29, 1.82) is 0 Å². The van der Waals surface area contributed by atoms with E-state index in [-0.39, 0.29) is 17.8 Å². The molecule has 1 saturated heterocycles. The van der Waals surface area contributed by atoms with Gasteiger partial charge >= 0.3 is 0 Å². The van der Waals surface area contributed by atoms with E-state index < -0.39 is 9.84 Å². The number of aromatic nitrogens is 2. The highest BCUT2D eigenvalue weighted by molar-refractivity contribution is 7.91. The first-order valence-corrected chi connectivity index (χ1v) is 7.66. The molecule has 5 nitrogen and oxygen atoms in total. The molecule has 0 radical (unpaired) electrons. The van der Waals surface area contributed by atoms with Gasteiger partial charge in [0.1, 0.15) is 0 Å². The number of sulfone groups is 1. The van der Waals surface area contributed by atoms with Gasteiger partial charge in [-0.05, 0) is 20.3 Å². The third-order valence-corrected chi connectivity index (χ3v) is 5.23. The first-order valence-electron chi connectivity index (χ1n) is 5.84. The second-order valence-electron chi connectivity index (χ2n) is 4.80. The van der Waals surface area contributed by atoms with Crippen molar-refractivity contribution in [3.8, 4) is 0 Å². The molecule has 0 spiro atoms. The van der Waals surface area contributed by atoms with Crippen LogP contribution in [-0.2, 0) is 16.9 Å². The summed E-state index contributed by atoms with van der Waals surface area (Å²) in [4.78, 5) is 0. The number of rotatable bonds is 3. The van der Waals surface area contributed by atoms with Crippen molar-refractivity contribution < 1.29 is 8.42 Å². The fourth-order valence-corrected chi connectivity index (χ4v) is 4.00. The summed E-state index contributed by atoms with van der Waals surface area (Å²) in [5, 5.41) is 7.57. The van der Waals surface area contributed by atoms with Crippen molar-refractivity contribution in [1.82, 2.24) is 15.1 Å². The SMILES string of the molecule is Cc1c(C(C)NC2CCS(=O)(=O)C2)cnn1C. The Labute approximate surface area is 102 Å². The molecule has 0 amide bonds. The minimum absolute atomic E-state index is 0.0783. The lowest BCUT2D eigenvalue weighted by Crippen LogP contribution is -2.32. The van der Waals surface area contributed by atoms with Gasteiger partial charge in [-0.2, -0.15) is 5.10 Å². The van der Waals surface area contributed by atoms with E-state index >= 15 is 0 Å². The smallest absolute Gasteiger partial charge is 0.151 e. The van der Waals surface area contributed by atoms with Crippen molar-refractivity contribution in [2.45, 2.75) is 32.4 Å². The Hall–Kier alpha value is -0.880. The summed E-state index contributed by atoms with van der Waals surface area (Å²) in [6, 6.07) is 0.219. The summed E-state index contributed by atoms with van der Waals surface area (Å²) in [5.41, 5.74) is 2.25. The molecule has 17 heavy (non-hydrogen) atoms. The van der Waals surface area contributed by atoms with Gasteiger partial charge in [0.15, 0.2) is 9.84 Å². The van der Waals surface area contributed by atoms with Gasteiger partial charge < -0.3 is 5.32 Å². The van der Waals surface area contributed by atoms with Gasteiger partial charge in [-0.15, -0.1) is 0 Å². The molecular weight excluding hydrogens is 238 g/mol. The first kappa shape index (κ1) is 12.6. The Morgan fingerprint density at radius 2 is 2.29 bits per heavy atom. The number of hydrogen-bond donors (Lipinski definition) is 1. The van der Waals surface area contributed by atoms with Crippen LogP contribution in [0.15, 0.2) is 6.20 Å². The number of hydrogen-bond acceptors (Lipinski definition) is 4. The molecule has 0 aliphatic carbocycles. The quantitative estimate of drug-likeness (QED) is 0.859. The lowest BCUT2D eigenvalue weighted by molar-refractivity contribution is 0.483. The van der Waals surface area contributed by atoms with Crippen molar-refractivity contribution in [3.63, 3.8) is 0 Å². The minimum atomic E-state index is -2.81. The third kappa shape index (κ3) is 2.69. The Bertz CT molecular complexity index is 507. The van der Waals surface area contributed by atoms with Gasteiger partial charge in [-0.25, -0.2) is 8.42 Å². The lowest BCUT2D eigenvalue weighted by Gasteiger charge is -2.18. The zero-order valence-electron chi connectivity index (χ0n) is 10.5. The molecule has 0 aromatic carbocycles. The fraction of sp³-hybridized carbons (Fsp3) is 0.727. The average Bonchev–Trinajstić information content (AvgIpc) is 2.72. The summed E-state index contributed by atoms with van der Waals surface area (Å²) in [5.74, 6) is 0.570. The molecule has 2 atom stereocenters. The van der Waals surface area contributed by atoms with E-state index in [0.29, 0.717) is 12.2 Å². The number of aryl methyl sites for hydroxylation is 1. The molecular formula is C11H19N3O2S. The van der Waals surface area contributed by atoms with Gasteiger partial charge in [0.2, 0.25) is 0 Å². The Balaban J connectivity index is 2.03. The molecule has 6 heteroatoms. The Morgan fingerprint density at radius 1 is 1.59 bits per heavy atom. The normalized spacial score (nSPS) is 25.0. The van der Waals surface area contributed by atoms with Crippen LogP contribution in [0.3, 0.4) is 0 Å². The Kier molecular flexibility index (Phi) is 3.27. The van der Waals surface area contributed by atoms with Crippen molar-refractivity contribution in [2.24, 2.45) is 7.05 Å². The zero-order valence-corrected chi connectivity index (χ0v) is 11.3. The summed E-state index contributed by atoms with van der Waals surface area (Å²) < 4.78 is 24.6. The predicted molar refractivity (Wildman–Crippen MR) is 66.6 cm³/mol. The maximum absolute atomic E-state index is 11.4. The van der Waals surface area contributed by atoms with Gasteiger partial charge in [0.25, 0.3) is 0 Å². The molecule has 2 rings (SSSR count). The second-order valence-corrected chi connectivity index (χ2v) is 7.03. The van der Waals surface area contributed by atoms with Crippen molar-refractivity contribution in [2.75, 3.05) is 11.5 Å². The summed E-state index contributed by atoms with van der Waals surface area (Å²) in [6.45, 7) is 4.07. The van der Waals surface area contributed by atoms with Crippen molar-refractivity contribution in [3.05, 3.63) is 17.5 Å². The van der Waals surface area contributed by atoms with Crippen LogP contribution in [0.2, 0.25) is 0 Å². The molecule has 1 fully saturated rings. The van der Waals surface area contributed by atoms with Crippen LogP contribution in [0.4, 0.5) is 0 Å². The van der Waals surface area contributed by atoms with Gasteiger partial charge in [-0.3, -0.25) is 4.68 Å². The molecule has 0 saturated carbocycles. The molecule has 0 bridgehead atoms.